The third-order valence-corrected chi connectivity index (χ3v) is 8.51. The molecule has 0 bridgehead atoms. The van der Waals surface area contributed by atoms with Crippen LogP contribution in [0.2, 0.25) is 0 Å². The quantitative estimate of drug-likeness (QED) is 0.157. The number of likely N-dealkylation sites (tertiary alicyclic amines) is 1. The van der Waals surface area contributed by atoms with Gasteiger partial charge in [-0.15, -0.1) is 11.3 Å². The monoisotopic (exact) mass is 672 g/mol. The molecule has 2 aromatic carbocycles. The Balaban J connectivity index is 1.55. The molecule has 0 spiro atoms. The molecule has 1 aliphatic rings. The van der Waals surface area contributed by atoms with Gasteiger partial charge in [-0.2, -0.15) is 13.2 Å². The Morgan fingerprint density at radius 1 is 1.26 bits per heavy atom. The Morgan fingerprint density at radius 2 is 2.04 bits per heavy atom. The highest BCUT2D eigenvalue weighted by atomic mass is 32.1. The van der Waals surface area contributed by atoms with E-state index in [1.807, 2.05) is 0 Å². The van der Waals surface area contributed by atoms with Gasteiger partial charge in [0.2, 0.25) is 6.86 Å². The molecule has 0 saturated carbocycles. The molecule has 46 heavy (non-hydrogen) atoms. The molecule has 1 aliphatic heterocycles. The van der Waals surface area contributed by atoms with Crippen LogP contribution in [0, 0.1) is 17.7 Å². The van der Waals surface area contributed by atoms with E-state index < -0.39 is 49.5 Å². The Bertz CT molecular complexity index is 1570. The lowest BCUT2D eigenvalue weighted by atomic mass is 10.0. The molecule has 0 radical (unpaired) electrons. The first-order valence-electron chi connectivity index (χ1n) is 14.3. The molecule has 1 saturated heterocycles. The molecule has 3 aromatic rings. The van der Waals surface area contributed by atoms with E-state index in [1.54, 1.807) is 23.1 Å². The van der Waals surface area contributed by atoms with Gasteiger partial charge < -0.3 is 30.5 Å². The number of nitrogens with one attached hydrogen (secondary N) is 3. The highest BCUT2D eigenvalue weighted by Crippen LogP contribution is 2.39. The van der Waals surface area contributed by atoms with E-state index in [0.717, 1.165) is 23.5 Å². The van der Waals surface area contributed by atoms with Gasteiger partial charge in [-0.05, 0) is 29.5 Å². The van der Waals surface area contributed by atoms with Crippen LogP contribution in [0.3, 0.4) is 0 Å². The number of carbonyl (C=O) groups is 1. The van der Waals surface area contributed by atoms with Crippen LogP contribution in [0.15, 0.2) is 30.3 Å². The number of benzene rings is 2. The van der Waals surface area contributed by atoms with Gasteiger partial charge in [0.15, 0.2) is 0 Å². The Labute approximate surface area is 266 Å². The Morgan fingerprint density at radius 3 is 2.72 bits per heavy atom. The number of β-amino-alcohol motifs (C(OH)–C–C–N with tert-alkyl or cyclic N) is 1. The molecule has 15 heteroatoms. The zero-order valence-electron chi connectivity index (χ0n) is 25.1. The molecular formula is C31H34F6N4O4S. The summed E-state index contributed by atoms with van der Waals surface area (Å²) in [5.74, 6) is 3.70. The average molecular weight is 673 g/mol. The lowest BCUT2D eigenvalue weighted by Gasteiger charge is -2.36. The van der Waals surface area contributed by atoms with E-state index in [1.165, 1.54) is 14.2 Å². The van der Waals surface area contributed by atoms with E-state index in [0.29, 0.717) is 28.7 Å². The van der Waals surface area contributed by atoms with Crippen LogP contribution in [0.5, 0.6) is 5.75 Å². The number of ether oxygens (including phenoxy) is 2. The first-order valence-corrected chi connectivity index (χ1v) is 15.1. The van der Waals surface area contributed by atoms with Crippen LogP contribution in [-0.2, 0) is 11.2 Å². The van der Waals surface area contributed by atoms with Crippen LogP contribution >= 0.6 is 11.3 Å². The fourth-order valence-electron chi connectivity index (χ4n) is 5.24. The number of nitrogens with zero attached hydrogens (tertiary/aromatic N) is 1. The Hall–Kier alpha value is -3.71. The maximum Gasteiger partial charge on any atom is 0.393 e. The van der Waals surface area contributed by atoms with Gasteiger partial charge >= 0.3 is 6.18 Å². The van der Waals surface area contributed by atoms with Crippen LogP contribution in [0.1, 0.15) is 27.2 Å². The summed E-state index contributed by atoms with van der Waals surface area (Å²) >= 11 is 1.04. The molecule has 1 aromatic heterocycles. The zero-order valence-corrected chi connectivity index (χ0v) is 25.9. The molecule has 250 valence electrons. The summed E-state index contributed by atoms with van der Waals surface area (Å²) in [6, 6.07) is 6.22. The number of hydrogen-bond donors (Lipinski definition) is 4. The molecule has 3 unspecified atom stereocenters. The van der Waals surface area contributed by atoms with Gasteiger partial charge in [0, 0.05) is 39.9 Å². The highest BCUT2D eigenvalue weighted by molar-refractivity contribution is 7.20. The minimum absolute atomic E-state index is 0.00419. The fraction of sp³-hybridized carbons (Fsp3) is 0.452. The standard InChI is InChI=1S/C31H34F6N4O4S/c1-38-30(43)20-11-27(45-17-32)26(12-22(20)33)39-9-4-7-28-21(13-31(35,36)37)19-5-3-6-25(29(19)46-28)40-24-8-10-41(15-23(24)34)14-18(42)16-44-2/h3,5-6,11-12,18,23-24,39-40,42H,8-10,13-17H2,1-2H3,(H,38,43). The van der Waals surface area contributed by atoms with E-state index in [9.17, 15) is 31.9 Å². The second kappa shape index (κ2) is 15.7. The van der Waals surface area contributed by atoms with Gasteiger partial charge in [0.1, 0.15) is 17.7 Å². The third kappa shape index (κ3) is 8.97. The number of aliphatic hydroxyl groups is 1. The second-order valence-corrected chi connectivity index (χ2v) is 11.6. The second-order valence-electron chi connectivity index (χ2n) is 10.6. The number of methoxy groups -OCH3 is 1. The number of halogens is 6. The van der Waals surface area contributed by atoms with E-state index in [2.05, 4.69) is 27.8 Å². The minimum atomic E-state index is -4.53. The van der Waals surface area contributed by atoms with E-state index in [4.69, 9.17) is 9.47 Å². The maximum absolute atomic E-state index is 15.2. The van der Waals surface area contributed by atoms with Gasteiger partial charge in [-0.25, -0.2) is 13.2 Å². The van der Waals surface area contributed by atoms with Gasteiger partial charge in [0.25, 0.3) is 5.91 Å². The number of anilines is 2. The van der Waals surface area contributed by atoms with Crippen molar-refractivity contribution in [3.8, 4) is 17.6 Å². The lowest BCUT2D eigenvalue weighted by Crippen LogP contribution is -2.50. The highest BCUT2D eigenvalue weighted by Gasteiger charge is 2.33. The zero-order chi connectivity index (χ0) is 33.4. The molecule has 1 fully saturated rings. The van der Waals surface area contributed by atoms with E-state index >= 15 is 4.39 Å². The molecule has 4 rings (SSSR count). The minimum Gasteiger partial charge on any atom is -0.461 e. The van der Waals surface area contributed by atoms with Crippen LogP contribution in [0.25, 0.3) is 10.1 Å². The third-order valence-electron chi connectivity index (χ3n) is 7.31. The van der Waals surface area contributed by atoms with Crippen molar-refractivity contribution in [2.45, 2.75) is 37.3 Å². The van der Waals surface area contributed by atoms with Gasteiger partial charge in [-0.3, -0.25) is 9.69 Å². The van der Waals surface area contributed by atoms with Crippen molar-refractivity contribution >= 4 is 38.7 Å². The van der Waals surface area contributed by atoms with Crippen molar-refractivity contribution in [2.24, 2.45) is 0 Å². The number of alkyl halides is 5. The fourth-order valence-corrected chi connectivity index (χ4v) is 6.41. The molecule has 4 N–H and O–H groups in total. The van der Waals surface area contributed by atoms with Crippen LogP contribution in [0.4, 0.5) is 37.7 Å². The normalized spacial score (nSPS) is 17.7. The number of aliphatic hydroxyl groups excluding tert-OH is 1. The largest absolute Gasteiger partial charge is 0.461 e. The van der Waals surface area contributed by atoms with Crippen molar-refractivity contribution in [3.05, 3.63) is 52.2 Å². The number of thiophene rings is 1. The maximum atomic E-state index is 15.2. The van der Waals surface area contributed by atoms with Gasteiger partial charge in [-0.1, -0.05) is 24.0 Å². The summed E-state index contributed by atoms with van der Waals surface area (Å²) in [6.07, 6.45) is -7.39. The molecule has 0 aliphatic carbocycles. The first-order chi connectivity index (χ1) is 21.9. The molecular weight excluding hydrogens is 638 g/mol. The SMILES string of the molecule is CNC(=O)c1cc(OCF)c(NCC#Cc2sc3c(NC4CCN(CC(O)COC)CC4F)cccc3c2CC(F)(F)F)cc1F. The summed E-state index contributed by atoms with van der Waals surface area (Å²) in [5, 5.41) is 18.5. The average Bonchev–Trinajstić information content (AvgIpc) is 3.34. The number of carbonyl (C=O) groups excluding carboxylic acids is 1. The van der Waals surface area contributed by atoms with Crippen molar-refractivity contribution in [2.75, 3.05) is 64.4 Å². The number of amides is 1. The van der Waals surface area contributed by atoms with Crippen molar-refractivity contribution in [1.82, 2.24) is 10.2 Å². The van der Waals surface area contributed by atoms with Crippen molar-refractivity contribution in [3.63, 3.8) is 0 Å². The Kier molecular flexibility index (Phi) is 12.0. The predicted molar refractivity (Wildman–Crippen MR) is 165 cm³/mol. The van der Waals surface area contributed by atoms with Crippen molar-refractivity contribution in [1.29, 1.82) is 0 Å². The predicted octanol–water partition coefficient (Wildman–Crippen LogP) is 5.11. The first kappa shape index (κ1) is 35.1. The number of fused-ring (bicyclic) bond motifs is 1. The van der Waals surface area contributed by atoms with E-state index in [-0.39, 0.29) is 53.7 Å². The lowest BCUT2D eigenvalue weighted by molar-refractivity contribution is -0.126. The van der Waals surface area contributed by atoms with Gasteiger partial charge in [0.05, 0.1) is 58.2 Å². The summed E-state index contributed by atoms with van der Waals surface area (Å²) < 4.78 is 93.9. The topological polar surface area (TPSA) is 95.1 Å². The molecule has 1 amide bonds. The summed E-state index contributed by atoms with van der Waals surface area (Å²) in [6.45, 7) is -0.432. The van der Waals surface area contributed by atoms with Crippen LogP contribution < -0.4 is 20.7 Å². The smallest absolute Gasteiger partial charge is 0.393 e. The summed E-state index contributed by atoms with van der Waals surface area (Å²) in [4.78, 5) is 13.8. The number of piperidine rings is 1. The molecule has 3 atom stereocenters. The number of hydrogen-bond acceptors (Lipinski definition) is 8. The van der Waals surface area contributed by atoms with Crippen molar-refractivity contribution < 1.29 is 45.7 Å². The summed E-state index contributed by atoms with van der Waals surface area (Å²) in [5.41, 5.74) is 0.0946. The molecule has 2 heterocycles. The number of rotatable bonds is 12. The summed E-state index contributed by atoms with van der Waals surface area (Å²) in [7, 11) is 2.77. The van der Waals surface area contributed by atoms with Crippen LogP contribution in [-0.4, -0.2) is 94.2 Å². The molecule has 8 nitrogen and oxygen atoms in total.